The molecule has 2 aromatic rings. The third-order valence-electron chi connectivity index (χ3n) is 2.61. The minimum atomic E-state index is -1.14. The molecule has 19 heavy (non-hydrogen) atoms. The van der Waals surface area contributed by atoms with E-state index in [4.69, 9.17) is 5.11 Å². The fraction of sp³-hybridized carbons (Fsp3) is 0. The Balaban J connectivity index is 2.50. The quantitative estimate of drug-likeness (QED) is 0.646. The highest BCUT2D eigenvalue weighted by atomic mass is 127. The van der Waals surface area contributed by atoms with Crippen molar-refractivity contribution >= 4 is 34.3 Å². The molecule has 0 unspecified atom stereocenters. The number of aromatic carboxylic acids is 1. The van der Waals surface area contributed by atoms with E-state index in [1.807, 2.05) is 22.6 Å². The predicted molar refractivity (Wildman–Crippen MR) is 77.7 cm³/mol. The van der Waals surface area contributed by atoms with Crippen molar-refractivity contribution in [2.45, 2.75) is 0 Å². The number of phenolic OH excluding ortho intramolecular Hbond substituents is 1. The van der Waals surface area contributed by atoms with Crippen molar-refractivity contribution in [3.8, 4) is 5.75 Å². The van der Waals surface area contributed by atoms with Crippen LogP contribution in [0.25, 0.3) is 0 Å². The number of hydrogen-bond acceptors (Lipinski definition) is 3. The zero-order chi connectivity index (χ0) is 14.0. The molecule has 0 aliphatic heterocycles. The maximum absolute atomic E-state index is 12.3. The van der Waals surface area contributed by atoms with Crippen LogP contribution >= 0.6 is 22.6 Å². The van der Waals surface area contributed by atoms with Crippen LogP contribution in [0.5, 0.6) is 5.75 Å². The Kier molecular flexibility index (Phi) is 3.84. The molecule has 0 saturated carbocycles. The van der Waals surface area contributed by atoms with E-state index in [1.54, 1.807) is 12.1 Å². The Morgan fingerprint density at radius 1 is 1.00 bits per heavy atom. The van der Waals surface area contributed by atoms with E-state index in [0.717, 1.165) is 0 Å². The number of benzene rings is 2. The summed E-state index contributed by atoms with van der Waals surface area (Å²) in [7, 11) is 0. The second kappa shape index (κ2) is 5.40. The molecule has 0 spiro atoms. The van der Waals surface area contributed by atoms with Crippen LogP contribution in [0.3, 0.4) is 0 Å². The van der Waals surface area contributed by atoms with E-state index >= 15 is 0 Å². The van der Waals surface area contributed by atoms with Gasteiger partial charge in [0.15, 0.2) is 5.78 Å². The minimum Gasteiger partial charge on any atom is -0.507 e. The van der Waals surface area contributed by atoms with E-state index < -0.39 is 5.97 Å². The van der Waals surface area contributed by atoms with Crippen LogP contribution in [0.1, 0.15) is 26.3 Å². The van der Waals surface area contributed by atoms with Gasteiger partial charge < -0.3 is 10.2 Å². The Morgan fingerprint density at radius 3 is 2.21 bits per heavy atom. The SMILES string of the molecule is O=C(O)c1ccccc1C(=O)c1ccc(O)c(I)c1. The molecule has 0 bridgehead atoms. The minimum absolute atomic E-state index is 0.0319. The first-order chi connectivity index (χ1) is 9.00. The van der Waals surface area contributed by atoms with Crippen LogP contribution in [0.15, 0.2) is 42.5 Å². The second-order valence-electron chi connectivity index (χ2n) is 3.85. The number of carboxylic acid groups (broad SMARTS) is 1. The van der Waals surface area contributed by atoms with Gasteiger partial charge in [-0.3, -0.25) is 4.79 Å². The smallest absolute Gasteiger partial charge is 0.336 e. The number of hydrogen-bond donors (Lipinski definition) is 2. The summed E-state index contributed by atoms with van der Waals surface area (Å²) >= 11 is 1.91. The van der Waals surface area contributed by atoms with Crippen molar-refractivity contribution in [2.24, 2.45) is 0 Å². The molecular formula is C14H9IO4. The second-order valence-corrected chi connectivity index (χ2v) is 5.01. The zero-order valence-corrected chi connectivity index (χ0v) is 11.8. The first-order valence-corrected chi connectivity index (χ1v) is 6.44. The fourth-order valence-electron chi connectivity index (χ4n) is 1.67. The topological polar surface area (TPSA) is 74.6 Å². The van der Waals surface area contributed by atoms with Crippen LogP contribution in [-0.4, -0.2) is 22.0 Å². The molecule has 0 atom stereocenters. The van der Waals surface area contributed by atoms with E-state index in [9.17, 15) is 14.7 Å². The highest BCUT2D eigenvalue weighted by molar-refractivity contribution is 14.1. The lowest BCUT2D eigenvalue weighted by Gasteiger charge is -2.06. The highest BCUT2D eigenvalue weighted by Gasteiger charge is 2.17. The van der Waals surface area contributed by atoms with Gasteiger partial charge in [0.1, 0.15) is 5.75 Å². The lowest BCUT2D eigenvalue weighted by atomic mass is 9.98. The number of halogens is 1. The van der Waals surface area contributed by atoms with Gasteiger partial charge in [0.05, 0.1) is 9.13 Å². The van der Waals surface area contributed by atoms with E-state index in [0.29, 0.717) is 9.13 Å². The number of rotatable bonds is 3. The van der Waals surface area contributed by atoms with E-state index in [2.05, 4.69) is 0 Å². The van der Waals surface area contributed by atoms with Crippen LogP contribution in [0.2, 0.25) is 0 Å². The van der Waals surface area contributed by atoms with E-state index in [-0.39, 0.29) is 22.7 Å². The van der Waals surface area contributed by atoms with Crippen LogP contribution in [0, 0.1) is 3.57 Å². The third kappa shape index (κ3) is 2.76. The molecule has 0 aromatic heterocycles. The van der Waals surface area contributed by atoms with Gasteiger partial charge in [0.25, 0.3) is 0 Å². The van der Waals surface area contributed by atoms with Gasteiger partial charge in [-0.1, -0.05) is 18.2 Å². The molecule has 0 heterocycles. The highest BCUT2D eigenvalue weighted by Crippen LogP contribution is 2.22. The molecule has 96 valence electrons. The van der Waals surface area contributed by atoms with Gasteiger partial charge in [-0.15, -0.1) is 0 Å². The molecule has 2 rings (SSSR count). The number of carbonyl (C=O) groups is 2. The normalized spacial score (nSPS) is 10.2. The standard InChI is InChI=1S/C14H9IO4/c15-11-7-8(5-6-12(11)16)13(17)9-3-1-2-4-10(9)14(18)19/h1-7,16H,(H,18,19). The summed E-state index contributed by atoms with van der Waals surface area (Å²) in [4.78, 5) is 23.4. The summed E-state index contributed by atoms with van der Waals surface area (Å²) in [5.41, 5.74) is 0.447. The van der Waals surface area contributed by atoms with Crippen molar-refractivity contribution in [1.82, 2.24) is 0 Å². The molecule has 4 nitrogen and oxygen atoms in total. The third-order valence-corrected chi connectivity index (χ3v) is 3.48. The van der Waals surface area contributed by atoms with Crippen molar-refractivity contribution in [3.05, 3.63) is 62.7 Å². The lowest BCUT2D eigenvalue weighted by molar-refractivity contribution is 0.0693. The fourth-order valence-corrected chi connectivity index (χ4v) is 2.19. The predicted octanol–water partition coefficient (Wildman–Crippen LogP) is 2.93. The summed E-state index contributed by atoms with van der Waals surface area (Å²) in [6, 6.07) is 10.5. The van der Waals surface area contributed by atoms with Gasteiger partial charge >= 0.3 is 5.97 Å². The van der Waals surface area contributed by atoms with Crippen LogP contribution in [-0.2, 0) is 0 Å². The maximum atomic E-state index is 12.3. The largest absolute Gasteiger partial charge is 0.507 e. The summed E-state index contributed by atoms with van der Waals surface area (Å²) in [5, 5.41) is 18.5. The Labute approximate surface area is 122 Å². The molecule has 0 fully saturated rings. The molecular weight excluding hydrogens is 359 g/mol. The lowest BCUT2D eigenvalue weighted by Crippen LogP contribution is -2.09. The van der Waals surface area contributed by atoms with Gasteiger partial charge in [-0.25, -0.2) is 4.79 Å². The van der Waals surface area contributed by atoms with Gasteiger partial charge in [0, 0.05) is 11.1 Å². The molecule has 2 N–H and O–H groups in total. The molecule has 2 aromatic carbocycles. The zero-order valence-electron chi connectivity index (χ0n) is 9.63. The van der Waals surface area contributed by atoms with Gasteiger partial charge in [0.2, 0.25) is 0 Å². The molecule has 0 radical (unpaired) electrons. The van der Waals surface area contributed by atoms with Gasteiger partial charge in [-0.2, -0.15) is 0 Å². The number of phenols is 1. The summed E-state index contributed by atoms with van der Waals surface area (Å²) in [6.45, 7) is 0. The van der Waals surface area contributed by atoms with Crippen LogP contribution in [0.4, 0.5) is 0 Å². The number of ketones is 1. The number of aromatic hydroxyl groups is 1. The molecule has 0 saturated heterocycles. The molecule has 0 aliphatic rings. The van der Waals surface area contributed by atoms with Crippen LogP contribution < -0.4 is 0 Å². The average molecular weight is 368 g/mol. The summed E-state index contributed by atoms with van der Waals surface area (Å²) in [6.07, 6.45) is 0. The Hall–Kier alpha value is -1.89. The maximum Gasteiger partial charge on any atom is 0.336 e. The molecule has 0 aliphatic carbocycles. The summed E-state index contributed by atoms with van der Waals surface area (Å²) in [5.74, 6) is -1.43. The van der Waals surface area contributed by atoms with Crippen molar-refractivity contribution in [3.63, 3.8) is 0 Å². The Morgan fingerprint density at radius 2 is 1.63 bits per heavy atom. The van der Waals surface area contributed by atoms with Gasteiger partial charge in [-0.05, 0) is 46.9 Å². The van der Waals surface area contributed by atoms with E-state index in [1.165, 1.54) is 30.3 Å². The molecule has 5 heteroatoms. The Bertz CT molecular complexity index is 664. The molecule has 0 amide bonds. The monoisotopic (exact) mass is 368 g/mol. The average Bonchev–Trinajstić information content (AvgIpc) is 2.41. The van der Waals surface area contributed by atoms with Crippen molar-refractivity contribution in [1.29, 1.82) is 0 Å². The van der Waals surface area contributed by atoms with Crippen molar-refractivity contribution in [2.75, 3.05) is 0 Å². The number of carbonyl (C=O) groups excluding carboxylic acids is 1. The first kappa shape index (κ1) is 13.5. The number of carboxylic acids is 1. The summed E-state index contributed by atoms with van der Waals surface area (Å²) < 4.78 is 0.538. The van der Waals surface area contributed by atoms with Crippen molar-refractivity contribution < 1.29 is 19.8 Å². The first-order valence-electron chi connectivity index (χ1n) is 5.36.